The molecule has 6 atom stereocenters. The van der Waals surface area contributed by atoms with E-state index < -0.39 is 78.8 Å². The minimum absolute atomic E-state index is 0.0588. The topological polar surface area (TPSA) is 228 Å². The molecule has 0 radical (unpaired) electrons. The summed E-state index contributed by atoms with van der Waals surface area (Å²) >= 11 is 0. The number of carboxylic acid groups (broad SMARTS) is 2. The van der Waals surface area contributed by atoms with Crippen molar-refractivity contribution in [3.05, 3.63) is 0 Å². The lowest BCUT2D eigenvalue weighted by Gasteiger charge is -2.36. The Labute approximate surface area is 202 Å². The third kappa shape index (κ3) is 10.6. The number of rotatable bonds is 17. The molecular formula is C21H34N4O10. The van der Waals surface area contributed by atoms with Crippen molar-refractivity contribution in [1.82, 2.24) is 21.3 Å². The lowest BCUT2D eigenvalue weighted by atomic mass is 9.97. The molecule has 0 fully saturated rings. The first-order valence-corrected chi connectivity index (χ1v) is 10.9. The number of aliphatic carboxylic acids is 2. The molecule has 35 heavy (non-hydrogen) atoms. The predicted octanol–water partition coefficient (Wildman–Crippen LogP) is -2.09. The molecule has 0 aliphatic heterocycles. The van der Waals surface area contributed by atoms with Gasteiger partial charge in [-0.3, -0.25) is 34.1 Å². The van der Waals surface area contributed by atoms with Crippen LogP contribution in [0.5, 0.6) is 0 Å². The predicted molar refractivity (Wildman–Crippen MR) is 120 cm³/mol. The summed E-state index contributed by atoms with van der Waals surface area (Å²) in [6.45, 7) is 5.74. The number of amides is 3. The number of carbonyl (C=O) groups is 7. The number of hydrogen-bond donors (Lipinski definition) is 7. The number of carboxylic acids is 2. The molecule has 3 amide bonds. The number of nitrogens with one attached hydrogen (secondary N) is 4. The van der Waals surface area contributed by atoms with E-state index in [0.29, 0.717) is 6.42 Å². The number of aliphatic hydroxyl groups excluding tert-OH is 1. The second-order valence-electron chi connectivity index (χ2n) is 8.19. The van der Waals surface area contributed by atoms with Crippen molar-refractivity contribution >= 4 is 42.2 Å². The van der Waals surface area contributed by atoms with Crippen LogP contribution in [0.1, 0.15) is 53.4 Å². The number of carbonyl (C=O) groups excluding carboxylic acids is 5. The fourth-order valence-electron chi connectivity index (χ4n) is 3.06. The van der Waals surface area contributed by atoms with Crippen LogP contribution in [-0.2, 0) is 33.6 Å². The Morgan fingerprint density at radius 2 is 1.57 bits per heavy atom. The summed E-state index contributed by atoms with van der Waals surface area (Å²) in [7, 11) is 0. The van der Waals surface area contributed by atoms with Crippen molar-refractivity contribution in [2.24, 2.45) is 5.92 Å². The standard InChI is InChI=1S/C21H34N4O10/c1-5-11(2)18(22-13(4)29)20(35)23-15(6-7-16(30)31)19(34)25-21(10-27,12(3)28)24-14(9-26)8-17(32)33/h9-12,14-15,18,24,28H,5-8H2,1-4H3,(H,22,29)(H,23,35)(H,25,34)(H,30,31)(H,32,33)/t11-,12-,14-,15-,18-,21+/m0/s1. The van der Waals surface area contributed by atoms with Crippen LogP contribution in [0.2, 0.25) is 0 Å². The molecule has 0 bridgehead atoms. The van der Waals surface area contributed by atoms with E-state index in [-0.39, 0.29) is 18.5 Å². The molecule has 0 unspecified atom stereocenters. The Kier molecular flexibility index (Phi) is 13.3. The van der Waals surface area contributed by atoms with Gasteiger partial charge in [0, 0.05) is 13.3 Å². The molecule has 0 aromatic carbocycles. The van der Waals surface area contributed by atoms with Gasteiger partial charge in [-0.05, 0) is 19.3 Å². The third-order valence-electron chi connectivity index (χ3n) is 5.29. The van der Waals surface area contributed by atoms with Crippen LogP contribution in [0.15, 0.2) is 0 Å². The zero-order valence-corrected chi connectivity index (χ0v) is 20.1. The van der Waals surface area contributed by atoms with Crippen LogP contribution in [-0.4, -0.2) is 87.4 Å². The van der Waals surface area contributed by atoms with Crippen molar-refractivity contribution < 1.29 is 48.9 Å². The van der Waals surface area contributed by atoms with Crippen LogP contribution in [0.25, 0.3) is 0 Å². The largest absolute Gasteiger partial charge is 0.481 e. The fraction of sp³-hybridized carbons (Fsp3) is 0.667. The Morgan fingerprint density at radius 1 is 0.971 bits per heavy atom. The zero-order chi connectivity index (χ0) is 27.3. The average molecular weight is 503 g/mol. The van der Waals surface area contributed by atoms with Crippen molar-refractivity contribution in [2.75, 3.05) is 0 Å². The minimum atomic E-state index is -2.34. The molecule has 0 saturated heterocycles. The van der Waals surface area contributed by atoms with Gasteiger partial charge in [-0.2, -0.15) is 0 Å². The smallest absolute Gasteiger partial charge is 0.305 e. The molecule has 0 aliphatic rings. The minimum Gasteiger partial charge on any atom is -0.481 e. The molecule has 198 valence electrons. The van der Waals surface area contributed by atoms with Gasteiger partial charge in [-0.25, -0.2) is 0 Å². The van der Waals surface area contributed by atoms with E-state index in [1.165, 1.54) is 6.92 Å². The molecule has 7 N–H and O–H groups in total. The Hall–Kier alpha value is -3.39. The molecule has 0 spiro atoms. The molecule has 0 aromatic rings. The van der Waals surface area contributed by atoms with E-state index in [1.54, 1.807) is 13.8 Å². The highest BCUT2D eigenvalue weighted by Crippen LogP contribution is 2.12. The molecule has 0 heterocycles. The van der Waals surface area contributed by atoms with Crippen LogP contribution < -0.4 is 21.3 Å². The first-order chi connectivity index (χ1) is 16.2. The fourth-order valence-corrected chi connectivity index (χ4v) is 3.06. The molecule has 14 heteroatoms. The van der Waals surface area contributed by atoms with Gasteiger partial charge >= 0.3 is 11.9 Å². The second-order valence-corrected chi connectivity index (χ2v) is 8.19. The van der Waals surface area contributed by atoms with Gasteiger partial charge < -0.3 is 36.1 Å². The van der Waals surface area contributed by atoms with Gasteiger partial charge in [0.25, 0.3) is 0 Å². The average Bonchev–Trinajstić information content (AvgIpc) is 2.77. The Morgan fingerprint density at radius 3 is 1.97 bits per heavy atom. The van der Waals surface area contributed by atoms with Gasteiger partial charge in [0.1, 0.15) is 18.4 Å². The van der Waals surface area contributed by atoms with Crippen molar-refractivity contribution in [3.63, 3.8) is 0 Å². The molecule has 0 saturated carbocycles. The van der Waals surface area contributed by atoms with E-state index in [0.717, 1.165) is 6.92 Å². The molecule has 0 aliphatic carbocycles. The van der Waals surface area contributed by atoms with Crippen molar-refractivity contribution in [3.8, 4) is 0 Å². The van der Waals surface area contributed by atoms with Gasteiger partial charge in [-0.15, -0.1) is 0 Å². The van der Waals surface area contributed by atoms with E-state index in [9.17, 15) is 38.7 Å². The first kappa shape index (κ1) is 31.6. The maximum atomic E-state index is 13.0. The maximum absolute atomic E-state index is 13.0. The first-order valence-electron chi connectivity index (χ1n) is 10.9. The van der Waals surface area contributed by atoms with Crippen LogP contribution in [0.4, 0.5) is 0 Å². The number of aldehydes is 2. The lowest BCUT2D eigenvalue weighted by Crippen LogP contribution is -2.71. The highest BCUT2D eigenvalue weighted by Gasteiger charge is 2.41. The molecule has 0 aromatic heterocycles. The van der Waals surface area contributed by atoms with Crippen molar-refractivity contribution in [2.45, 2.75) is 83.3 Å². The summed E-state index contributed by atoms with van der Waals surface area (Å²) in [5.74, 6) is -5.40. The van der Waals surface area contributed by atoms with E-state index in [2.05, 4.69) is 21.3 Å². The Bertz CT molecular complexity index is 803. The summed E-state index contributed by atoms with van der Waals surface area (Å²) in [4.78, 5) is 82.6. The number of aliphatic hydroxyl groups is 1. The quantitative estimate of drug-likeness (QED) is 0.0842. The maximum Gasteiger partial charge on any atom is 0.305 e. The summed E-state index contributed by atoms with van der Waals surface area (Å²) in [5, 5.41) is 37.4. The summed E-state index contributed by atoms with van der Waals surface area (Å²) in [6.07, 6.45) is -2.70. The summed E-state index contributed by atoms with van der Waals surface area (Å²) < 4.78 is 0. The van der Waals surface area contributed by atoms with Gasteiger partial charge in [0.05, 0.1) is 18.6 Å². The van der Waals surface area contributed by atoms with Crippen molar-refractivity contribution in [1.29, 1.82) is 0 Å². The van der Waals surface area contributed by atoms with E-state index in [4.69, 9.17) is 10.2 Å². The molecular weight excluding hydrogens is 468 g/mol. The van der Waals surface area contributed by atoms with Gasteiger partial charge in [0.15, 0.2) is 11.9 Å². The lowest BCUT2D eigenvalue weighted by molar-refractivity contribution is -0.141. The Balaban J connectivity index is 5.99. The highest BCUT2D eigenvalue weighted by atomic mass is 16.4. The van der Waals surface area contributed by atoms with Gasteiger partial charge in [0.2, 0.25) is 17.7 Å². The zero-order valence-electron chi connectivity index (χ0n) is 20.1. The monoisotopic (exact) mass is 502 g/mol. The summed E-state index contributed by atoms with van der Waals surface area (Å²) in [5.41, 5.74) is -2.34. The molecule has 14 nitrogen and oxygen atoms in total. The third-order valence-corrected chi connectivity index (χ3v) is 5.29. The molecule has 0 rings (SSSR count). The van der Waals surface area contributed by atoms with Gasteiger partial charge in [-0.1, -0.05) is 20.3 Å². The van der Waals surface area contributed by atoms with Crippen LogP contribution in [0, 0.1) is 5.92 Å². The number of hydrogen-bond acceptors (Lipinski definition) is 9. The SMILES string of the molecule is CC[C@H](C)[C@H](NC(C)=O)C(=O)N[C@@H](CCC(=O)O)C(=O)N[C@@](C=O)(N[C@H](C=O)CC(=O)O)[C@H](C)O. The normalized spacial score (nSPS) is 16.8. The van der Waals surface area contributed by atoms with Crippen LogP contribution >= 0.6 is 0 Å². The highest BCUT2D eigenvalue weighted by molar-refractivity contribution is 5.93. The summed E-state index contributed by atoms with van der Waals surface area (Å²) in [6, 6.07) is -4.04. The second kappa shape index (κ2) is 14.8. The van der Waals surface area contributed by atoms with E-state index in [1.807, 2.05) is 0 Å². The van der Waals surface area contributed by atoms with E-state index >= 15 is 0 Å². The van der Waals surface area contributed by atoms with Crippen LogP contribution in [0.3, 0.4) is 0 Å².